The molecule has 2 rings (SSSR count). The van der Waals surface area contributed by atoms with Crippen molar-refractivity contribution in [3.63, 3.8) is 0 Å². The first kappa shape index (κ1) is 15.3. The van der Waals surface area contributed by atoms with Crippen LogP contribution in [-0.2, 0) is 6.54 Å². The number of nitrogens with zero attached hydrogens (tertiary/aromatic N) is 1. The smallest absolute Gasteiger partial charge is 0.128 e. The van der Waals surface area contributed by atoms with Gasteiger partial charge in [0.25, 0.3) is 0 Å². The third kappa shape index (κ3) is 3.34. The molecule has 2 aromatic carbocycles. The normalized spacial score (nSPS) is 12.0. The van der Waals surface area contributed by atoms with E-state index in [1.165, 1.54) is 6.07 Å². The molecule has 0 unspecified atom stereocenters. The summed E-state index contributed by atoms with van der Waals surface area (Å²) in [4.78, 5) is 1.99. The molecule has 0 aliphatic heterocycles. The van der Waals surface area contributed by atoms with Crippen molar-refractivity contribution in [3.05, 3.63) is 59.4 Å². The first-order chi connectivity index (χ1) is 10.0. The van der Waals surface area contributed by atoms with E-state index in [0.29, 0.717) is 12.1 Å². The van der Waals surface area contributed by atoms with E-state index in [1.807, 2.05) is 43.1 Å². The summed E-state index contributed by atoms with van der Waals surface area (Å²) in [6, 6.07) is 12.4. The van der Waals surface area contributed by atoms with Crippen molar-refractivity contribution in [2.24, 2.45) is 5.73 Å². The highest BCUT2D eigenvalue weighted by molar-refractivity contribution is 5.60. The van der Waals surface area contributed by atoms with Crippen LogP contribution in [0.15, 0.2) is 42.5 Å². The minimum Gasteiger partial charge on any atom is -0.496 e. The topological polar surface area (TPSA) is 38.5 Å². The highest BCUT2D eigenvalue weighted by Crippen LogP contribution is 2.33. The highest BCUT2D eigenvalue weighted by atomic mass is 19.1. The summed E-state index contributed by atoms with van der Waals surface area (Å²) in [6.45, 7) is 2.39. The van der Waals surface area contributed by atoms with E-state index in [2.05, 4.69) is 0 Å². The van der Waals surface area contributed by atoms with Gasteiger partial charge in [0.1, 0.15) is 11.6 Å². The monoisotopic (exact) mass is 288 g/mol. The molecule has 2 N–H and O–H groups in total. The third-order valence-electron chi connectivity index (χ3n) is 3.49. The summed E-state index contributed by atoms with van der Waals surface area (Å²) in [6.07, 6.45) is 0. The second-order valence-corrected chi connectivity index (χ2v) is 5.13. The molecule has 4 heteroatoms. The van der Waals surface area contributed by atoms with Crippen LogP contribution in [0.3, 0.4) is 0 Å². The third-order valence-corrected chi connectivity index (χ3v) is 3.49. The number of halogens is 1. The van der Waals surface area contributed by atoms with Gasteiger partial charge in [0.2, 0.25) is 0 Å². The lowest BCUT2D eigenvalue weighted by molar-refractivity contribution is 0.407. The minimum absolute atomic E-state index is 0.167. The van der Waals surface area contributed by atoms with Crippen LogP contribution in [0.5, 0.6) is 5.75 Å². The highest BCUT2D eigenvalue weighted by Gasteiger charge is 2.16. The van der Waals surface area contributed by atoms with Gasteiger partial charge in [-0.25, -0.2) is 4.39 Å². The minimum atomic E-state index is -0.199. The number of hydrogen-bond donors (Lipinski definition) is 1. The summed E-state index contributed by atoms with van der Waals surface area (Å²) in [5.74, 6) is 0.553. The van der Waals surface area contributed by atoms with Crippen LogP contribution in [0.2, 0.25) is 0 Å². The SMILES string of the molecule is COc1cccc(N(C)Cc2ccccc2F)c1[C@@H](C)N. The predicted octanol–water partition coefficient (Wildman–Crippen LogP) is 3.49. The van der Waals surface area contributed by atoms with Gasteiger partial charge in [-0.15, -0.1) is 0 Å². The van der Waals surface area contributed by atoms with Gasteiger partial charge in [-0.3, -0.25) is 0 Å². The summed E-state index contributed by atoms with van der Waals surface area (Å²) in [5, 5.41) is 0. The summed E-state index contributed by atoms with van der Waals surface area (Å²) in [5.41, 5.74) is 8.60. The molecule has 0 saturated carbocycles. The van der Waals surface area contributed by atoms with Crippen LogP contribution >= 0.6 is 0 Å². The lowest BCUT2D eigenvalue weighted by Gasteiger charge is -2.25. The molecule has 21 heavy (non-hydrogen) atoms. The van der Waals surface area contributed by atoms with Gasteiger partial charge < -0.3 is 15.4 Å². The molecule has 0 aliphatic rings. The van der Waals surface area contributed by atoms with Crippen molar-refractivity contribution in [1.29, 1.82) is 0 Å². The largest absolute Gasteiger partial charge is 0.496 e. The fourth-order valence-electron chi connectivity index (χ4n) is 2.47. The van der Waals surface area contributed by atoms with E-state index in [1.54, 1.807) is 19.2 Å². The van der Waals surface area contributed by atoms with Crippen LogP contribution in [0.4, 0.5) is 10.1 Å². The van der Waals surface area contributed by atoms with Crippen molar-refractivity contribution < 1.29 is 9.13 Å². The Hall–Kier alpha value is -2.07. The summed E-state index contributed by atoms with van der Waals surface area (Å²) < 4.78 is 19.2. The molecule has 0 aliphatic carbocycles. The zero-order chi connectivity index (χ0) is 15.4. The maximum absolute atomic E-state index is 13.8. The molecule has 3 nitrogen and oxygen atoms in total. The van der Waals surface area contributed by atoms with Crippen LogP contribution in [0.25, 0.3) is 0 Å². The van der Waals surface area contributed by atoms with Gasteiger partial charge in [-0.1, -0.05) is 24.3 Å². The first-order valence-electron chi connectivity index (χ1n) is 6.91. The Morgan fingerprint density at radius 3 is 2.52 bits per heavy atom. The molecule has 0 saturated heterocycles. The van der Waals surface area contributed by atoms with Gasteiger partial charge >= 0.3 is 0 Å². The molecule has 0 heterocycles. The van der Waals surface area contributed by atoms with Gasteiger partial charge in [0.15, 0.2) is 0 Å². The molecular weight excluding hydrogens is 267 g/mol. The Morgan fingerprint density at radius 2 is 1.90 bits per heavy atom. The lowest BCUT2D eigenvalue weighted by atomic mass is 10.0. The fraction of sp³-hybridized carbons (Fsp3) is 0.294. The van der Waals surface area contributed by atoms with E-state index < -0.39 is 0 Å². The van der Waals surface area contributed by atoms with Crippen LogP contribution in [0.1, 0.15) is 24.1 Å². The number of anilines is 1. The quantitative estimate of drug-likeness (QED) is 0.915. The zero-order valence-electron chi connectivity index (χ0n) is 12.6. The molecule has 112 valence electrons. The lowest BCUT2D eigenvalue weighted by Crippen LogP contribution is -2.21. The Labute approximate surface area is 125 Å². The van der Waals surface area contributed by atoms with Crippen LogP contribution < -0.4 is 15.4 Å². The standard InChI is InChI=1S/C17H21FN2O/c1-12(19)17-15(9-6-10-16(17)21-3)20(2)11-13-7-4-5-8-14(13)18/h4-10,12H,11,19H2,1-3H3/t12-/m1/s1. The Kier molecular flexibility index (Phi) is 4.81. The Balaban J connectivity index is 2.35. The second kappa shape index (κ2) is 6.59. The second-order valence-electron chi connectivity index (χ2n) is 5.13. The van der Waals surface area contributed by atoms with Crippen molar-refractivity contribution in [2.45, 2.75) is 19.5 Å². The summed E-state index contributed by atoms with van der Waals surface area (Å²) in [7, 11) is 3.55. The van der Waals surface area contributed by atoms with Gasteiger partial charge in [0.05, 0.1) is 7.11 Å². The first-order valence-corrected chi connectivity index (χ1v) is 6.91. The fourth-order valence-corrected chi connectivity index (χ4v) is 2.47. The molecule has 0 fully saturated rings. The molecular formula is C17H21FN2O. The van der Waals surface area contributed by atoms with E-state index in [-0.39, 0.29) is 11.9 Å². The van der Waals surface area contributed by atoms with Gasteiger partial charge in [-0.05, 0) is 25.1 Å². The van der Waals surface area contributed by atoms with Crippen molar-refractivity contribution in [1.82, 2.24) is 0 Å². The number of methoxy groups -OCH3 is 1. The van der Waals surface area contributed by atoms with Crippen LogP contribution in [-0.4, -0.2) is 14.2 Å². The molecule has 0 bridgehead atoms. The summed E-state index contributed by atoms with van der Waals surface area (Å²) >= 11 is 0. The Bertz CT molecular complexity index is 613. The average molecular weight is 288 g/mol. The average Bonchev–Trinajstić information content (AvgIpc) is 2.48. The van der Waals surface area contributed by atoms with Crippen molar-refractivity contribution in [2.75, 3.05) is 19.1 Å². The molecule has 0 aromatic heterocycles. The molecule has 0 radical (unpaired) electrons. The van der Waals surface area contributed by atoms with E-state index in [0.717, 1.165) is 17.0 Å². The molecule has 0 amide bonds. The number of hydrogen-bond acceptors (Lipinski definition) is 3. The van der Waals surface area contributed by atoms with Gasteiger partial charge in [0, 0.05) is 36.4 Å². The molecule has 0 spiro atoms. The maximum Gasteiger partial charge on any atom is 0.128 e. The number of nitrogens with two attached hydrogens (primary N) is 1. The van der Waals surface area contributed by atoms with Crippen LogP contribution in [0, 0.1) is 5.82 Å². The molecule has 2 aromatic rings. The predicted molar refractivity (Wildman–Crippen MR) is 84.1 cm³/mol. The van der Waals surface area contributed by atoms with Crippen molar-refractivity contribution in [3.8, 4) is 5.75 Å². The van der Waals surface area contributed by atoms with Gasteiger partial charge in [-0.2, -0.15) is 0 Å². The number of ether oxygens (including phenoxy) is 1. The maximum atomic E-state index is 13.8. The number of rotatable bonds is 5. The molecule has 1 atom stereocenters. The number of benzene rings is 2. The zero-order valence-corrected chi connectivity index (χ0v) is 12.6. The Morgan fingerprint density at radius 1 is 1.19 bits per heavy atom. The van der Waals surface area contributed by atoms with E-state index in [9.17, 15) is 4.39 Å². The van der Waals surface area contributed by atoms with E-state index in [4.69, 9.17) is 10.5 Å². The van der Waals surface area contributed by atoms with E-state index >= 15 is 0 Å². The van der Waals surface area contributed by atoms with Crippen molar-refractivity contribution >= 4 is 5.69 Å².